The molecule has 6 nitrogen and oxygen atoms in total. The predicted octanol–water partition coefficient (Wildman–Crippen LogP) is 2.78. The average Bonchev–Trinajstić information content (AvgIpc) is 2.72. The largest absolute Gasteiger partial charge is 0.497 e. The predicted molar refractivity (Wildman–Crippen MR) is 104 cm³/mol. The van der Waals surface area contributed by atoms with Gasteiger partial charge in [-0.1, -0.05) is 23.9 Å². The van der Waals surface area contributed by atoms with Crippen LogP contribution in [0.25, 0.3) is 0 Å². The van der Waals surface area contributed by atoms with Gasteiger partial charge in [-0.25, -0.2) is 0 Å². The Morgan fingerprint density at radius 1 is 1.30 bits per heavy atom. The lowest BCUT2D eigenvalue weighted by Gasteiger charge is -2.28. The summed E-state index contributed by atoms with van der Waals surface area (Å²) in [5.74, 6) is 0.578. The number of allylic oxidation sites excluding steroid dienone is 1. The van der Waals surface area contributed by atoms with Gasteiger partial charge in [0.05, 0.1) is 29.5 Å². The monoisotopic (exact) mass is 385 g/mol. The molecule has 0 aromatic heterocycles. The molecule has 1 atom stereocenters. The van der Waals surface area contributed by atoms with Crippen molar-refractivity contribution in [1.29, 1.82) is 5.26 Å². The van der Waals surface area contributed by atoms with Crippen molar-refractivity contribution in [3.63, 3.8) is 0 Å². The highest BCUT2D eigenvalue weighted by atomic mass is 32.2. The number of ether oxygens (including phenoxy) is 1. The molecule has 0 bridgehead atoms. The van der Waals surface area contributed by atoms with Crippen LogP contribution < -0.4 is 10.1 Å². The molecule has 1 aromatic carbocycles. The van der Waals surface area contributed by atoms with E-state index in [0.717, 1.165) is 37.2 Å². The average molecular weight is 385 g/mol. The maximum Gasteiger partial charge on any atom is 0.232 e. The van der Waals surface area contributed by atoms with Crippen molar-refractivity contribution in [2.75, 3.05) is 26.0 Å². The van der Waals surface area contributed by atoms with Gasteiger partial charge in [0.25, 0.3) is 0 Å². The van der Waals surface area contributed by atoms with Gasteiger partial charge in [-0.2, -0.15) is 5.26 Å². The van der Waals surface area contributed by atoms with Crippen molar-refractivity contribution in [3.8, 4) is 11.8 Å². The molecule has 27 heavy (non-hydrogen) atoms. The topological polar surface area (TPSA) is 82.4 Å². The number of piperidine rings is 1. The number of nitrogens with zero attached hydrogens (tertiary/aromatic N) is 2. The van der Waals surface area contributed by atoms with E-state index < -0.39 is 0 Å². The lowest BCUT2D eigenvalue weighted by atomic mass is 9.87. The summed E-state index contributed by atoms with van der Waals surface area (Å²) >= 11 is 1.25. The molecule has 0 aliphatic carbocycles. The summed E-state index contributed by atoms with van der Waals surface area (Å²) in [4.78, 5) is 26.5. The van der Waals surface area contributed by atoms with Crippen LogP contribution in [0.2, 0.25) is 0 Å². The molecule has 142 valence electrons. The Labute approximate surface area is 163 Å². The van der Waals surface area contributed by atoms with Crippen molar-refractivity contribution in [1.82, 2.24) is 10.2 Å². The number of nitrogens with one attached hydrogen (secondary N) is 1. The highest BCUT2D eigenvalue weighted by molar-refractivity contribution is 8.03. The lowest BCUT2D eigenvalue weighted by molar-refractivity contribution is -0.129. The van der Waals surface area contributed by atoms with Crippen LogP contribution in [0.4, 0.5) is 0 Å². The zero-order chi connectivity index (χ0) is 19.2. The first-order chi connectivity index (χ1) is 13.1. The summed E-state index contributed by atoms with van der Waals surface area (Å²) in [6, 6.07) is 9.64. The van der Waals surface area contributed by atoms with Gasteiger partial charge in [-0.15, -0.1) is 0 Å². The van der Waals surface area contributed by atoms with Gasteiger partial charge in [0.1, 0.15) is 5.75 Å². The second-order valence-corrected chi connectivity index (χ2v) is 7.65. The van der Waals surface area contributed by atoms with Gasteiger partial charge < -0.3 is 15.0 Å². The first-order valence-corrected chi connectivity index (χ1v) is 10.1. The quantitative estimate of drug-likeness (QED) is 0.843. The zero-order valence-electron chi connectivity index (χ0n) is 15.4. The van der Waals surface area contributed by atoms with E-state index in [1.807, 2.05) is 29.2 Å². The van der Waals surface area contributed by atoms with E-state index in [4.69, 9.17) is 4.74 Å². The molecule has 1 saturated heterocycles. The minimum absolute atomic E-state index is 0.0605. The van der Waals surface area contributed by atoms with Gasteiger partial charge in [0, 0.05) is 25.4 Å². The summed E-state index contributed by atoms with van der Waals surface area (Å²) in [6.07, 6.45) is 3.47. The Balaban J connectivity index is 1.76. The SMILES string of the molecule is COc1ccc([C@@H]2CC(=O)NC(SCC(=O)N3CCCCC3)=C2C#N)cc1. The zero-order valence-corrected chi connectivity index (χ0v) is 16.2. The van der Waals surface area contributed by atoms with Crippen LogP contribution in [0.3, 0.4) is 0 Å². The molecule has 0 spiro atoms. The van der Waals surface area contributed by atoms with Crippen LogP contribution in [-0.2, 0) is 9.59 Å². The van der Waals surface area contributed by atoms with Gasteiger partial charge in [0.15, 0.2) is 0 Å². The Morgan fingerprint density at radius 3 is 2.63 bits per heavy atom. The van der Waals surface area contributed by atoms with Crippen molar-refractivity contribution in [2.45, 2.75) is 31.6 Å². The minimum atomic E-state index is -0.303. The number of hydrogen-bond donors (Lipinski definition) is 1. The van der Waals surface area contributed by atoms with Gasteiger partial charge >= 0.3 is 0 Å². The van der Waals surface area contributed by atoms with Crippen molar-refractivity contribution in [3.05, 3.63) is 40.4 Å². The van der Waals surface area contributed by atoms with Gasteiger partial charge in [0.2, 0.25) is 11.8 Å². The molecule has 1 aromatic rings. The summed E-state index contributed by atoms with van der Waals surface area (Å²) < 4.78 is 5.17. The van der Waals surface area contributed by atoms with E-state index in [1.165, 1.54) is 18.2 Å². The fraction of sp³-hybridized carbons (Fsp3) is 0.450. The van der Waals surface area contributed by atoms with Crippen LogP contribution in [-0.4, -0.2) is 42.7 Å². The summed E-state index contributed by atoms with van der Waals surface area (Å²) in [7, 11) is 1.60. The van der Waals surface area contributed by atoms with Crippen LogP contribution in [0, 0.1) is 11.3 Å². The van der Waals surface area contributed by atoms with E-state index in [9.17, 15) is 14.9 Å². The van der Waals surface area contributed by atoms with E-state index in [-0.39, 0.29) is 29.9 Å². The van der Waals surface area contributed by atoms with E-state index in [0.29, 0.717) is 10.6 Å². The Kier molecular flexibility index (Phi) is 6.40. The van der Waals surface area contributed by atoms with Gasteiger partial charge in [-0.3, -0.25) is 9.59 Å². The van der Waals surface area contributed by atoms with Crippen molar-refractivity contribution < 1.29 is 14.3 Å². The summed E-state index contributed by atoms with van der Waals surface area (Å²) in [5.41, 5.74) is 1.40. The Bertz CT molecular complexity index is 777. The second-order valence-electron chi connectivity index (χ2n) is 6.66. The fourth-order valence-corrected chi connectivity index (χ4v) is 4.40. The second kappa shape index (κ2) is 8.96. The van der Waals surface area contributed by atoms with Crippen LogP contribution in [0.1, 0.15) is 37.2 Å². The molecule has 0 radical (unpaired) electrons. The highest BCUT2D eigenvalue weighted by Gasteiger charge is 2.30. The number of nitriles is 1. The number of likely N-dealkylation sites (tertiary alicyclic amines) is 1. The number of rotatable bonds is 5. The number of hydrogen-bond acceptors (Lipinski definition) is 5. The first-order valence-electron chi connectivity index (χ1n) is 9.11. The third kappa shape index (κ3) is 4.64. The van der Waals surface area contributed by atoms with Crippen LogP contribution >= 0.6 is 11.8 Å². The molecule has 1 N–H and O–H groups in total. The standard InChI is InChI=1S/C20H23N3O3S/c1-26-15-7-5-14(6-8-15)16-11-18(24)22-20(17(16)12-21)27-13-19(25)23-9-3-2-4-10-23/h5-8,16H,2-4,9-11,13H2,1H3,(H,22,24)/t16-/m0/s1. The number of benzene rings is 1. The van der Waals surface area contributed by atoms with Crippen molar-refractivity contribution in [2.24, 2.45) is 0 Å². The molecular formula is C20H23N3O3S. The molecule has 2 aliphatic heterocycles. The molecule has 2 amide bonds. The number of carbonyl (C=O) groups excluding carboxylic acids is 2. The van der Waals surface area contributed by atoms with Crippen LogP contribution in [0.15, 0.2) is 34.9 Å². The Morgan fingerprint density at radius 2 is 2.00 bits per heavy atom. The molecule has 0 unspecified atom stereocenters. The van der Waals surface area contributed by atoms with E-state index >= 15 is 0 Å². The first kappa shape index (κ1) is 19.3. The van der Waals surface area contributed by atoms with E-state index in [1.54, 1.807) is 7.11 Å². The molecule has 1 fully saturated rings. The fourth-order valence-electron chi connectivity index (χ4n) is 3.42. The molecule has 3 rings (SSSR count). The lowest BCUT2D eigenvalue weighted by Crippen LogP contribution is -2.37. The molecule has 7 heteroatoms. The highest BCUT2D eigenvalue weighted by Crippen LogP contribution is 2.36. The number of amides is 2. The number of thioether (sulfide) groups is 1. The molecular weight excluding hydrogens is 362 g/mol. The summed E-state index contributed by atoms with van der Waals surface area (Å²) in [6.45, 7) is 1.59. The van der Waals surface area contributed by atoms with E-state index in [2.05, 4.69) is 11.4 Å². The van der Waals surface area contributed by atoms with Gasteiger partial charge in [-0.05, 0) is 37.0 Å². The number of methoxy groups -OCH3 is 1. The third-order valence-corrected chi connectivity index (χ3v) is 5.92. The molecule has 0 saturated carbocycles. The molecule has 2 heterocycles. The smallest absolute Gasteiger partial charge is 0.232 e. The van der Waals surface area contributed by atoms with Crippen LogP contribution in [0.5, 0.6) is 5.75 Å². The number of carbonyl (C=O) groups is 2. The maximum atomic E-state index is 12.4. The maximum absolute atomic E-state index is 12.4. The molecule has 2 aliphatic rings. The summed E-state index contributed by atoms with van der Waals surface area (Å²) in [5, 5.41) is 13.0. The van der Waals surface area contributed by atoms with Crippen molar-refractivity contribution >= 4 is 23.6 Å². The Hall–Kier alpha value is -2.46. The normalized spacial score (nSPS) is 20.1. The third-order valence-electron chi connectivity index (χ3n) is 4.92. The minimum Gasteiger partial charge on any atom is -0.497 e.